The molecule has 1 aromatic carbocycles. The lowest BCUT2D eigenvalue weighted by atomic mass is 10.2. The molecule has 0 spiro atoms. The molecule has 0 bridgehead atoms. The molecule has 0 fully saturated rings. The molecule has 5 nitrogen and oxygen atoms in total. The van der Waals surface area contributed by atoms with Crippen molar-refractivity contribution < 1.29 is 32.6 Å². The fourth-order valence-electron chi connectivity index (χ4n) is 1.41. The van der Waals surface area contributed by atoms with E-state index in [9.17, 15) is 22.8 Å². The number of halogens is 3. The van der Waals surface area contributed by atoms with Crippen LogP contribution in [-0.4, -0.2) is 30.1 Å². The average molecular weight is 291 g/mol. The fourth-order valence-corrected chi connectivity index (χ4v) is 1.41. The Morgan fingerprint density at radius 3 is 2.65 bits per heavy atom. The first kappa shape index (κ1) is 15.8. The number of nitrogens with one attached hydrogen (secondary N) is 1. The summed E-state index contributed by atoms with van der Waals surface area (Å²) in [5.74, 6) is -3.15. The highest BCUT2D eigenvalue weighted by atomic mass is 19.3. The lowest BCUT2D eigenvalue weighted by Crippen LogP contribution is -2.25. The van der Waals surface area contributed by atoms with Crippen molar-refractivity contribution in [3.63, 3.8) is 0 Å². The van der Waals surface area contributed by atoms with E-state index in [4.69, 9.17) is 5.11 Å². The van der Waals surface area contributed by atoms with Crippen LogP contribution in [0.5, 0.6) is 5.75 Å². The molecule has 2 N–H and O–H groups in total. The summed E-state index contributed by atoms with van der Waals surface area (Å²) in [6.45, 7) is -3.13. The van der Waals surface area contributed by atoms with Crippen molar-refractivity contribution in [2.45, 2.75) is 19.5 Å². The molecule has 1 amide bonds. The van der Waals surface area contributed by atoms with E-state index in [1.54, 1.807) is 0 Å². The van der Waals surface area contributed by atoms with Crippen LogP contribution in [0.2, 0.25) is 0 Å². The van der Waals surface area contributed by atoms with Gasteiger partial charge >= 0.3 is 12.6 Å². The van der Waals surface area contributed by atoms with Crippen LogP contribution in [0.1, 0.15) is 23.2 Å². The van der Waals surface area contributed by atoms with E-state index in [1.165, 1.54) is 0 Å². The number of carboxylic acids is 1. The molecular formula is C12H12F3NO4. The minimum absolute atomic E-state index is 0.0522. The molecule has 0 unspecified atom stereocenters. The van der Waals surface area contributed by atoms with Gasteiger partial charge in [-0.05, 0) is 18.6 Å². The first-order chi connectivity index (χ1) is 9.40. The minimum atomic E-state index is -3.18. The molecule has 0 aliphatic carbocycles. The van der Waals surface area contributed by atoms with E-state index in [-0.39, 0.29) is 24.9 Å². The van der Waals surface area contributed by atoms with Crippen LogP contribution in [0.3, 0.4) is 0 Å². The number of amides is 1. The van der Waals surface area contributed by atoms with E-state index < -0.39 is 30.1 Å². The smallest absolute Gasteiger partial charge is 0.387 e. The second-order valence-corrected chi connectivity index (χ2v) is 3.77. The van der Waals surface area contributed by atoms with Gasteiger partial charge in [-0.1, -0.05) is 0 Å². The Bertz CT molecular complexity index is 494. The second kappa shape index (κ2) is 7.37. The quantitative estimate of drug-likeness (QED) is 0.754. The Labute approximate surface area is 112 Å². The van der Waals surface area contributed by atoms with Gasteiger partial charge in [0.1, 0.15) is 11.6 Å². The summed E-state index contributed by atoms with van der Waals surface area (Å²) in [5.41, 5.74) is -0.248. The molecule has 0 aliphatic rings. The van der Waals surface area contributed by atoms with Gasteiger partial charge in [-0.3, -0.25) is 9.59 Å². The molecule has 0 aliphatic heterocycles. The van der Waals surface area contributed by atoms with Gasteiger partial charge in [-0.2, -0.15) is 8.78 Å². The van der Waals surface area contributed by atoms with Crippen molar-refractivity contribution in [1.29, 1.82) is 0 Å². The molecule has 0 atom stereocenters. The topological polar surface area (TPSA) is 75.6 Å². The third-order valence-electron chi connectivity index (χ3n) is 2.26. The highest BCUT2D eigenvalue weighted by Gasteiger charge is 2.16. The Balaban J connectivity index is 2.69. The summed E-state index contributed by atoms with van der Waals surface area (Å²) >= 11 is 0. The van der Waals surface area contributed by atoms with Crippen LogP contribution in [0.4, 0.5) is 13.2 Å². The summed E-state index contributed by atoms with van der Waals surface area (Å²) < 4.78 is 41.3. The van der Waals surface area contributed by atoms with E-state index in [0.29, 0.717) is 6.07 Å². The van der Waals surface area contributed by atoms with Gasteiger partial charge in [-0.15, -0.1) is 0 Å². The molecule has 110 valence electrons. The average Bonchev–Trinajstić information content (AvgIpc) is 2.33. The van der Waals surface area contributed by atoms with Gasteiger partial charge in [0.25, 0.3) is 5.91 Å². The SMILES string of the molecule is O=C(O)CCCNC(=O)c1ccc(F)cc1OC(F)F. The lowest BCUT2D eigenvalue weighted by molar-refractivity contribution is -0.137. The number of rotatable bonds is 7. The molecule has 0 saturated heterocycles. The highest BCUT2D eigenvalue weighted by Crippen LogP contribution is 2.22. The molecular weight excluding hydrogens is 279 g/mol. The van der Waals surface area contributed by atoms with Crippen LogP contribution in [0.15, 0.2) is 18.2 Å². The molecule has 20 heavy (non-hydrogen) atoms. The molecule has 0 aromatic heterocycles. The summed E-state index contributed by atoms with van der Waals surface area (Å²) in [7, 11) is 0. The maximum atomic E-state index is 12.9. The first-order valence-electron chi connectivity index (χ1n) is 5.64. The molecule has 0 heterocycles. The zero-order valence-electron chi connectivity index (χ0n) is 10.2. The number of hydrogen-bond acceptors (Lipinski definition) is 3. The third-order valence-corrected chi connectivity index (χ3v) is 2.26. The zero-order chi connectivity index (χ0) is 15.1. The summed E-state index contributed by atoms with van der Waals surface area (Å²) in [6.07, 6.45) is 0.0530. The van der Waals surface area contributed by atoms with Gasteiger partial charge in [-0.25, -0.2) is 4.39 Å². The minimum Gasteiger partial charge on any atom is -0.481 e. The molecule has 1 aromatic rings. The number of carboxylic acid groups (broad SMARTS) is 1. The van der Waals surface area contributed by atoms with Crippen LogP contribution in [-0.2, 0) is 4.79 Å². The van der Waals surface area contributed by atoms with Crippen molar-refractivity contribution in [3.05, 3.63) is 29.6 Å². The predicted molar refractivity (Wildman–Crippen MR) is 62.2 cm³/mol. The molecule has 0 radical (unpaired) electrons. The van der Waals surface area contributed by atoms with Crippen LogP contribution in [0, 0.1) is 5.82 Å². The number of benzene rings is 1. The van der Waals surface area contributed by atoms with Gasteiger partial charge in [0.15, 0.2) is 0 Å². The summed E-state index contributed by atoms with van der Waals surface area (Å²) in [4.78, 5) is 22.0. The number of alkyl halides is 2. The normalized spacial score (nSPS) is 10.4. The van der Waals surface area contributed by atoms with Crippen molar-refractivity contribution in [2.75, 3.05) is 6.54 Å². The Kier molecular flexibility index (Phi) is 5.82. The number of carbonyl (C=O) groups excluding carboxylic acids is 1. The molecule has 1 rings (SSSR count). The standard InChI is InChI=1S/C12H12F3NO4/c13-7-3-4-8(9(6-7)20-12(14)15)11(19)16-5-1-2-10(17)18/h3-4,6,12H,1-2,5H2,(H,16,19)(H,17,18). The number of ether oxygens (including phenoxy) is 1. The van der Waals surface area contributed by atoms with Crippen molar-refractivity contribution in [1.82, 2.24) is 5.32 Å². The van der Waals surface area contributed by atoms with Crippen LogP contribution < -0.4 is 10.1 Å². The van der Waals surface area contributed by atoms with Crippen LogP contribution in [0.25, 0.3) is 0 Å². The van der Waals surface area contributed by atoms with E-state index >= 15 is 0 Å². The largest absolute Gasteiger partial charge is 0.481 e. The van der Waals surface area contributed by atoms with Gasteiger partial charge in [0, 0.05) is 19.0 Å². The van der Waals surface area contributed by atoms with Crippen molar-refractivity contribution >= 4 is 11.9 Å². The van der Waals surface area contributed by atoms with Gasteiger partial charge < -0.3 is 15.2 Å². The van der Waals surface area contributed by atoms with Crippen molar-refractivity contribution in [3.8, 4) is 5.75 Å². The van der Waals surface area contributed by atoms with E-state index in [2.05, 4.69) is 10.1 Å². The predicted octanol–water partition coefficient (Wildman–Crippen LogP) is 2.02. The molecule has 8 heteroatoms. The van der Waals surface area contributed by atoms with E-state index in [0.717, 1.165) is 12.1 Å². The van der Waals surface area contributed by atoms with Crippen LogP contribution >= 0.6 is 0 Å². The Morgan fingerprint density at radius 1 is 1.35 bits per heavy atom. The summed E-state index contributed by atoms with van der Waals surface area (Å²) in [5, 5.41) is 10.7. The maximum absolute atomic E-state index is 12.9. The van der Waals surface area contributed by atoms with E-state index in [1.807, 2.05) is 0 Å². The summed E-state index contributed by atoms with van der Waals surface area (Å²) in [6, 6.07) is 2.63. The second-order valence-electron chi connectivity index (χ2n) is 3.77. The first-order valence-corrected chi connectivity index (χ1v) is 5.64. The highest BCUT2D eigenvalue weighted by molar-refractivity contribution is 5.96. The number of aliphatic carboxylic acids is 1. The third kappa shape index (κ3) is 5.17. The number of carbonyl (C=O) groups is 2. The lowest BCUT2D eigenvalue weighted by Gasteiger charge is -2.10. The monoisotopic (exact) mass is 291 g/mol. The van der Waals surface area contributed by atoms with Gasteiger partial charge in [0.2, 0.25) is 0 Å². The molecule has 0 saturated carbocycles. The fraction of sp³-hybridized carbons (Fsp3) is 0.333. The van der Waals surface area contributed by atoms with Gasteiger partial charge in [0.05, 0.1) is 5.56 Å². The maximum Gasteiger partial charge on any atom is 0.387 e. The van der Waals surface area contributed by atoms with Crippen molar-refractivity contribution in [2.24, 2.45) is 0 Å². The number of hydrogen-bond donors (Lipinski definition) is 2. The Hall–Kier alpha value is -2.25. The zero-order valence-corrected chi connectivity index (χ0v) is 10.2. The Morgan fingerprint density at radius 2 is 2.05 bits per heavy atom.